The third kappa shape index (κ3) is 4.68. The maximum Gasteiger partial charge on any atom is 0.129 e. The molecule has 0 aliphatic rings. The van der Waals surface area contributed by atoms with E-state index in [0.29, 0.717) is 5.92 Å². The molecule has 0 saturated heterocycles. The molecule has 2 aromatic carbocycles. The van der Waals surface area contributed by atoms with Crippen molar-refractivity contribution in [3.05, 3.63) is 66.9 Å². The lowest BCUT2D eigenvalue weighted by Gasteiger charge is -2.26. The summed E-state index contributed by atoms with van der Waals surface area (Å²) in [6.07, 6.45) is 2.68. The summed E-state index contributed by atoms with van der Waals surface area (Å²) >= 11 is 0. The molecule has 1 N–H and O–H groups in total. The highest BCUT2D eigenvalue weighted by atomic mass is 16.5. The van der Waals surface area contributed by atoms with Crippen LogP contribution in [0.25, 0.3) is 33.1 Å². The second-order valence-corrected chi connectivity index (χ2v) is 7.98. The van der Waals surface area contributed by atoms with Crippen molar-refractivity contribution in [3.8, 4) is 17.0 Å². The van der Waals surface area contributed by atoms with Gasteiger partial charge in [-0.3, -0.25) is 10.3 Å². The molecule has 0 amide bonds. The predicted octanol–water partition coefficient (Wildman–Crippen LogP) is 5.44. The Kier molecular flexibility index (Phi) is 6.44. The average molecular weight is 416 g/mol. The van der Waals surface area contributed by atoms with Crippen molar-refractivity contribution in [2.24, 2.45) is 5.92 Å². The van der Waals surface area contributed by atoms with E-state index in [9.17, 15) is 0 Å². The zero-order valence-corrected chi connectivity index (χ0v) is 18.5. The number of nitrogens with one attached hydrogen (secondary N) is 1. The van der Waals surface area contributed by atoms with Gasteiger partial charge < -0.3 is 9.47 Å². The molecule has 4 rings (SSSR count). The van der Waals surface area contributed by atoms with Crippen molar-refractivity contribution < 1.29 is 9.47 Å². The Hall–Kier alpha value is -3.02. The largest absolute Gasteiger partial charge is 0.490 e. The minimum Gasteiger partial charge on any atom is -0.490 e. The van der Waals surface area contributed by atoms with Crippen molar-refractivity contribution >= 4 is 21.8 Å². The normalized spacial score (nSPS) is 14.5. The highest BCUT2D eigenvalue weighted by molar-refractivity contribution is 5.90. The summed E-state index contributed by atoms with van der Waals surface area (Å²) in [6, 6.07) is 20.5. The molecule has 2 aromatic heterocycles. The number of benzene rings is 2. The van der Waals surface area contributed by atoms with Crippen LogP contribution in [-0.4, -0.2) is 36.5 Å². The van der Waals surface area contributed by atoms with Gasteiger partial charge in [-0.2, -0.15) is 0 Å². The Morgan fingerprint density at radius 1 is 0.968 bits per heavy atom. The van der Waals surface area contributed by atoms with E-state index in [4.69, 9.17) is 14.5 Å². The third-order valence-corrected chi connectivity index (χ3v) is 5.88. The molecule has 160 valence electrons. The van der Waals surface area contributed by atoms with Gasteiger partial charge in [0.15, 0.2) is 0 Å². The van der Waals surface area contributed by atoms with E-state index in [1.165, 1.54) is 0 Å². The first-order chi connectivity index (χ1) is 15.1. The Labute approximate surface area is 183 Å². The molecular formula is C26H29N3O2. The van der Waals surface area contributed by atoms with E-state index in [1.54, 1.807) is 7.11 Å². The Morgan fingerprint density at radius 2 is 1.81 bits per heavy atom. The first-order valence-electron chi connectivity index (χ1n) is 10.7. The smallest absolute Gasteiger partial charge is 0.129 e. The number of fused-ring (bicyclic) bond motifs is 2. The summed E-state index contributed by atoms with van der Waals surface area (Å²) in [6.45, 7) is 4.29. The van der Waals surface area contributed by atoms with Crippen LogP contribution in [0.1, 0.15) is 20.3 Å². The fourth-order valence-electron chi connectivity index (χ4n) is 3.80. The lowest BCUT2D eigenvalue weighted by molar-refractivity contribution is 0.0403. The van der Waals surface area contributed by atoms with Gasteiger partial charge >= 0.3 is 0 Å². The highest BCUT2D eigenvalue weighted by Crippen LogP contribution is 2.33. The number of rotatable bonds is 8. The van der Waals surface area contributed by atoms with Gasteiger partial charge in [0.2, 0.25) is 0 Å². The number of hydrogen-bond donors (Lipinski definition) is 1. The van der Waals surface area contributed by atoms with Crippen LogP contribution in [0.5, 0.6) is 5.75 Å². The minimum atomic E-state index is 0.00703. The molecule has 3 atom stereocenters. The topological polar surface area (TPSA) is 56.3 Å². The lowest BCUT2D eigenvalue weighted by atomic mass is 10.0. The average Bonchev–Trinajstić information content (AvgIpc) is 2.81. The van der Waals surface area contributed by atoms with Gasteiger partial charge in [-0.05, 0) is 62.7 Å². The Morgan fingerprint density at radius 3 is 2.61 bits per heavy atom. The Balaban J connectivity index is 1.69. The fourth-order valence-corrected chi connectivity index (χ4v) is 3.80. The minimum absolute atomic E-state index is 0.00703. The molecule has 0 radical (unpaired) electrons. The molecule has 0 aliphatic carbocycles. The third-order valence-electron chi connectivity index (χ3n) is 5.88. The zero-order valence-electron chi connectivity index (χ0n) is 18.5. The number of nitrogens with zero attached hydrogens (tertiary/aromatic N) is 2. The van der Waals surface area contributed by atoms with E-state index in [1.807, 2.05) is 37.5 Å². The van der Waals surface area contributed by atoms with Crippen LogP contribution >= 0.6 is 0 Å². The molecule has 5 heteroatoms. The maximum atomic E-state index is 6.48. The SMILES string of the molecule is CNC(CC(C)C(C)Oc1cc(-c2ccc3ccccc3n2)cc2ncccc12)OC. The number of ether oxygens (including phenoxy) is 2. The van der Waals surface area contributed by atoms with Crippen LogP contribution in [0.3, 0.4) is 0 Å². The first-order valence-corrected chi connectivity index (χ1v) is 10.7. The van der Waals surface area contributed by atoms with Gasteiger partial charge in [0.25, 0.3) is 0 Å². The van der Waals surface area contributed by atoms with Gasteiger partial charge in [0, 0.05) is 29.6 Å². The van der Waals surface area contributed by atoms with Gasteiger partial charge in [0.1, 0.15) is 12.0 Å². The lowest BCUT2D eigenvalue weighted by Crippen LogP contribution is -2.33. The first kappa shape index (κ1) is 21.2. The summed E-state index contributed by atoms with van der Waals surface area (Å²) < 4.78 is 11.9. The van der Waals surface area contributed by atoms with Crippen LogP contribution in [0.4, 0.5) is 0 Å². The Bertz CT molecular complexity index is 1170. The highest BCUT2D eigenvalue weighted by Gasteiger charge is 2.20. The van der Waals surface area contributed by atoms with Crippen LogP contribution in [0, 0.1) is 5.92 Å². The van der Waals surface area contributed by atoms with E-state index in [-0.39, 0.29) is 12.3 Å². The van der Waals surface area contributed by atoms with Crippen molar-refractivity contribution in [2.45, 2.75) is 32.6 Å². The molecule has 3 unspecified atom stereocenters. The number of hydrogen-bond acceptors (Lipinski definition) is 5. The molecule has 4 aromatic rings. The molecule has 0 fully saturated rings. The number of methoxy groups -OCH3 is 1. The van der Waals surface area contributed by atoms with Gasteiger partial charge in [0.05, 0.1) is 22.8 Å². The summed E-state index contributed by atoms with van der Waals surface area (Å²) in [5.74, 6) is 1.12. The van der Waals surface area contributed by atoms with Crippen LogP contribution < -0.4 is 10.1 Å². The monoisotopic (exact) mass is 415 g/mol. The van der Waals surface area contributed by atoms with E-state index in [0.717, 1.165) is 45.2 Å². The second kappa shape index (κ2) is 9.41. The summed E-state index contributed by atoms with van der Waals surface area (Å²) in [4.78, 5) is 9.44. The summed E-state index contributed by atoms with van der Waals surface area (Å²) in [7, 11) is 3.63. The van der Waals surface area contributed by atoms with E-state index >= 15 is 0 Å². The van der Waals surface area contributed by atoms with Crippen LogP contribution in [-0.2, 0) is 4.74 Å². The molecule has 0 aliphatic heterocycles. The van der Waals surface area contributed by atoms with Gasteiger partial charge in [-0.15, -0.1) is 0 Å². The van der Waals surface area contributed by atoms with Crippen LogP contribution in [0.2, 0.25) is 0 Å². The number of para-hydroxylation sites is 1. The van der Waals surface area contributed by atoms with E-state index in [2.05, 4.69) is 60.5 Å². The molecule has 0 spiro atoms. The summed E-state index contributed by atoms with van der Waals surface area (Å²) in [5.41, 5.74) is 3.78. The zero-order chi connectivity index (χ0) is 21.8. The quantitative estimate of drug-likeness (QED) is 0.389. The summed E-state index contributed by atoms with van der Waals surface area (Å²) in [5, 5.41) is 5.31. The standard InChI is InChI=1S/C26H29N3O2/c1-17(14-26(27-3)30-4)18(2)31-25-16-20(15-24-21(25)9-7-13-28-24)23-12-11-19-8-5-6-10-22(19)29-23/h5-13,15-18,26-27H,14H2,1-4H3. The van der Waals surface area contributed by atoms with Gasteiger partial charge in [-0.25, -0.2) is 4.98 Å². The molecule has 0 bridgehead atoms. The fraction of sp³-hybridized carbons (Fsp3) is 0.308. The molecule has 31 heavy (non-hydrogen) atoms. The molecular weight excluding hydrogens is 386 g/mol. The van der Waals surface area contributed by atoms with Crippen molar-refractivity contribution in [1.29, 1.82) is 0 Å². The number of aromatic nitrogens is 2. The molecule has 2 heterocycles. The molecule has 5 nitrogen and oxygen atoms in total. The predicted molar refractivity (Wildman–Crippen MR) is 126 cm³/mol. The number of pyridine rings is 2. The molecule has 0 saturated carbocycles. The van der Waals surface area contributed by atoms with Gasteiger partial charge in [-0.1, -0.05) is 31.2 Å². The van der Waals surface area contributed by atoms with E-state index < -0.39 is 0 Å². The maximum absolute atomic E-state index is 6.48. The van der Waals surface area contributed by atoms with Crippen molar-refractivity contribution in [3.63, 3.8) is 0 Å². The van der Waals surface area contributed by atoms with Crippen molar-refractivity contribution in [1.82, 2.24) is 15.3 Å². The second-order valence-electron chi connectivity index (χ2n) is 7.98. The van der Waals surface area contributed by atoms with Crippen molar-refractivity contribution in [2.75, 3.05) is 14.2 Å². The van der Waals surface area contributed by atoms with Crippen LogP contribution in [0.15, 0.2) is 66.9 Å².